The Bertz CT molecular complexity index is 1100. The van der Waals surface area contributed by atoms with Crippen molar-refractivity contribution >= 4 is 42.9 Å². The Balaban J connectivity index is 1.53. The Morgan fingerprint density at radius 3 is 2.35 bits per heavy atom. The lowest BCUT2D eigenvalue weighted by Crippen LogP contribution is -2.49. The van der Waals surface area contributed by atoms with E-state index >= 15 is 0 Å². The SMILES string of the molecule is O=c1[nH]c2ccc(S(=O)(=O)N3CCN(c4ncc(Br)cn4)CC3)cc2[nH]1. The molecule has 9 nitrogen and oxygen atoms in total. The number of anilines is 1. The molecule has 1 saturated heterocycles. The van der Waals surface area contributed by atoms with Crippen molar-refractivity contribution in [3.05, 3.63) is 45.5 Å². The zero-order chi connectivity index (χ0) is 18.3. The zero-order valence-corrected chi connectivity index (χ0v) is 15.9. The fourth-order valence-electron chi connectivity index (χ4n) is 2.92. The Morgan fingerprint density at radius 2 is 1.65 bits per heavy atom. The van der Waals surface area contributed by atoms with Gasteiger partial charge in [-0.15, -0.1) is 0 Å². The largest absolute Gasteiger partial charge is 0.338 e. The van der Waals surface area contributed by atoms with E-state index in [1.807, 2.05) is 4.90 Å². The highest BCUT2D eigenvalue weighted by Gasteiger charge is 2.29. The number of nitrogens with zero attached hydrogens (tertiary/aromatic N) is 4. The number of hydrogen-bond donors (Lipinski definition) is 2. The first-order valence-electron chi connectivity index (χ1n) is 7.88. The number of hydrogen-bond acceptors (Lipinski definition) is 6. The Hall–Kier alpha value is -2.24. The first kappa shape index (κ1) is 17.2. The molecule has 1 aromatic carbocycles. The van der Waals surface area contributed by atoms with Crippen molar-refractivity contribution in [2.45, 2.75) is 4.90 Å². The van der Waals surface area contributed by atoms with Crippen LogP contribution in [0.1, 0.15) is 0 Å². The minimum atomic E-state index is -3.63. The summed E-state index contributed by atoms with van der Waals surface area (Å²) in [5.74, 6) is 0.580. The topological polar surface area (TPSA) is 115 Å². The van der Waals surface area contributed by atoms with E-state index in [1.165, 1.54) is 16.4 Å². The second-order valence-electron chi connectivity index (χ2n) is 5.88. The summed E-state index contributed by atoms with van der Waals surface area (Å²) in [6.07, 6.45) is 3.33. The van der Waals surface area contributed by atoms with Crippen molar-refractivity contribution in [2.75, 3.05) is 31.1 Å². The molecule has 11 heteroatoms. The first-order chi connectivity index (χ1) is 12.4. The highest BCUT2D eigenvalue weighted by molar-refractivity contribution is 9.10. The number of aromatic nitrogens is 4. The molecule has 136 valence electrons. The molecule has 0 atom stereocenters. The minimum Gasteiger partial charge on any atom is -0.338 e. The average Bonchev–Trinajstić information content (AvgIpc) is 3.01. The maximum absolute atomic E-state index is 12.9. The van der Waals surface area contributed by atoms with E-state index in [4.69, 9.17) is 0 Å². The van der Waals surface area contributed by atoms with Gasteiger partial charge in [-0.2, -0.15) is 4.31 Å². The van der Waals surface area contributed by atoms with Crippen LogP contribution in [0.25, 0.3) is 11.0 Å². The van der Waals surface area contributed by atoms with E-state index in [2.05, 4.69) is 35.9 Å². The van der Waals surface area contributed by atoms with Crippen LogP contribution in [0.3, 0.4) is 0 Å². The molecule has 3 heterocycles. The molecule has 26 heavy (non-hydrogen) atoms. The maximum Gasteiger partial charge on any atom is 0.323 e. The second-order valence-corrected chi connectivity index (χ2v) is 8.73. The summed E-state index contributed by atoms with van der Waals surface area (Å²) in [7, 11) is -3.63. The van der Waals surface area contributed by atoms with Gasteiger partial charge in [0, 0.05) is 38.6 Å². The van der Waals surface area contributed by atoms with E-state index in [0.717, 1.165) is 4.47 Å². The van der Waals surface area contributed by atoms with Gasteiger partial charge in [0.1, 0.15) is 0 Å². The lowest BCUT2D eigenvalue weighted by molar-refractivity contribution is 0.382. The van der Waals surface area contributed by atoms with Crippen LogP contribution in [-0.4, -0.2) is 58.8 Å². The molecule has 0 spiro atoms. The monoisotopic (exact) mass is 438 g/mol. The molecule has 0 saturated carbocycles. The molecule has 0 amide bonds. The number of nitrogens with one attached hydrogen (secondary N) is 2. The van der Waals surface area contributed by atoms with Gasteiger partial charge in [0.2, 0.25) is 16.0 Å². The summed E-state index contributed by atoms with van der Waals surface area (Å²) < 4.78 is 28.0. The summed E-state index contributed by atoms with van der Waals surface area (Å²) >= 11 is 3.29. The number of imidazole rings is 1. The molecule has 0 bridgehead atoms. The van der Waals surface area contributed by atoms with Gasteiger partial charge in [-0.3, -0.25) is 0 Å². The molecular formula is C15H15BrN6O3S. The summed E-state index contributed by atoms with van der Waals surface area (Å²) in [6.45, 7) is 1.68. The molecule has 3 aromatic rings. The molecule has 1 aliphatic rings. The van der Waals surface area contributed by atoms with Gasteiger partial charge < -0.3 is 14.9 Å². The lowest BCUT2D eigenvalue weighted by atomic mass is 10.3. The van der Waals surface area contributed by atoms with Crippen LogP contribution in [0.15, 0.2) is 44.8 Å². The van der Waals surface area contributed by atoms with Gasteiger partial charge >= 0.3 is 5.69 Å². The number of rotatable bonds is 3. The summed E-state index contributed by atoms with van der Waals surface area (Å²) in [6, 6.07) is 4.57. The van der Waals surface area contributed by atoms with Crippen molar-refractivity contribution < 1.29 is 8.42 Å². The van der Waals surface area contributed by atoms with Gasteiger partial charge in [-0.05, 0) is 34.1 Å². The quantitative estimate of drug-likeness (QED) is 0.627. The normalized spacial score (nSPS) is 16.3. The van der Waals surface area contributed by atoms with E-state index in [0.29, 0.717) is 43.2 Å². The molecule has 1 aliphatic heterocycles. The second kappa shape index (κ2) is 6.49. The molecule has 0 radical (unpaired) electrons. The van der Waals surface area contributed by atoms with Crippen LogP contribution in [0, 0.1) is 0 Å². The summed E-state index contributed by atoms with van der Waals surface area (Å²) in [5, 5.41) is 0. The molecule has 0 aliphatic carbocycles. The van der Waals surface area contributed by atoms with E-state index in [1.54, 1.807) is 18.5 Å². The van der Waals surface area contributed by atoms with Gasteiger partial charge in [0.25, 0.3) is 0 Å². The number of piperazine rings is 1. The average molecular weight is 439 g/mol. The molecular weight excluding hydrogens is 424 g/mol. The van der Waals surface area contributed by atoms with Crippen LogP contribution in [0.5, 0.6) is 0 Å². The lowest BCUT2D eigenvalue weighted by Gasteiger charge is -2.33. The Morgan fingerprint density at radius 1 is 1.00 bits per heavy atom. The number of halogens is 1. The molecule has 4 rings (SSSR count). The molecule has 0 unspecified atom stereocenters. The zero-order valence-electron chi connectivity index (χ0n) is 13.5. The Labute approximate surface area is 157 Å². The maximum atomic E-state index is 12.9. The number of H-pyrrole nitrogens is 2. The number of aromatic amines is 2. The predicted molar refractivity (Wildman–Crippen MR) is 99.6 cm³/mol. The smallest absolute Gasteiger partial charge is 0.323 e. The highest BCUT2D eigenvalue weighted by atomic mass is 79.9. The van der Waals surface area contributed by atoms with Crippen LogP contribution in [-0.2, 0) is 10.0 Å². The van der Waals surface area contributed by atoms with Crippen LogP contribution in [0.2, 0.25) is 0 Å². The van der Waals surface area contributed by atoms with Crippen molar-refractivity contribution in [3.63, 3.8) is 0 Å². The number of sulfonamides is 1. The van der Waals surface area contributed by atoms with Crippen molar-refractivity contribution in [2.24, 2.45) is 0 Å². The molecule has 2 N–H and O–H groups in total. The fraction of sp³-hybridized carbons (Fsp3) is 0.267. The minimum absolute atomic E-state index is 0.161. The van der Waals surface area contributed by atoms with Crippen LogP contribution >= 0.6 is 15.9 Å². The van der Waals surface area contributed by atoms with Crippen molar-refractivity contribution in [3.8, 4) is 0 Å². The first-order valence-corrected chi connectivity index (χ1v) is 10.1. The van der Waals surface area contributed by atoms with Gasteiger partial charge in [0.15, 0.2) is 0 Å². The predicted octanol–water partition coefficient (Wildman–Crippen LogP) is 0.920. The standard InChI is InChI=1S/C15H15BrN6O3S/c16-10-8-17-14(18-9-10)21-3-5-22(6-4-21)26(24,25)11-1-2-12-13(7-11)20-15(23)19-12/h1-2,7-9H,3-6H2,(H2,19,20,23). The van der Waals surface area contributed by atoms with Crippen LogP contribution < -0.4 is 10.6 Å². The van der Waals surface area contributed by atoms with E-state index in [-0.39, 0.29) is 10.6 Å². The van der Waals surface area contributed by atoms with Gasteiger partial charge in [-0.25, -0.2) is 23.2 Å². The summed E-state index contributed by atoms with van der Waals surface area (Å²) in [4.78, 5) is 27.1. The third-order valence-corrected chi connectivity index (χ3v) is 6.56. The van der Waals surface area contributed by atoms with E-state index in [9.17, 15) is 13.2 Å². The van der Waals surface area contributed by atoms with Crippen molar-refractivity contribution in [1.29, 1.82) is 0 Å². The molecule has 1 fully saturated rings. The molecule has 2 aromatic heterocycles. The Kier molecular flexibility index (Phi) is 4.29. The third kappa shape index (κ3) is 3.13. The fourth-order valence-corrected chi connectivity index (χ4v) is 4.57. The third-order valence-electron chi connectivity index (χ3n) is 4.25. The van der Waals surface area contributed by atoms with Crippen molar-refractivity contribution in [1.82, 2.24) is 24.2 Å². The van der Waals surface area contributed by atoms with Gasteiger partial charge in [-0.1, -0.05) is 0 Å². The van der Waals surface area contributed by atoms with Gasteiger partial charge in [0.05, 0.1) is 20.4 Å². The number of benzene rings is 1. The van der Waals surface area contributed by atoms with E-state index < -0.39 is 10.0 Å². The summed E-state index contributed by atoms with van der Waals surface area (Å²) in [5.41, 5.74) is 0.682. The van der Waals surface area contributed by atoms with Crippen LogP contribution in [0.4, 0.5) is 5.95 Å². The highest BCUT2D eigenvalue weighted by Crippen LogP contribution is 2.22. The number of fused-ring (bicyclic) bond motifs is 1.